The van der Waals surface area contributed by atoms with Gasteiger partial charge in [0.1, 0.15) is 17.3 Å². The van der Waals surface area contributed by atoms with Gasteiger partial charge in [-0.3, -0.25) is 4.79 Å². The lowest BCUT2D eigenvalue weighted by atomic mass is 10.1. The molecule has 2 heterocycles. The summed E-state index contributed by atoms with van der Waals surface area (Å²) in [4.78, 5) is 20.3. The molecule has 1 aromatic heterocycles. The first-order valence-corrected chi connectivity index (χ1v) is 11.9. The van der Waals surface area contributed by atoms with Gasteiger partial charge in [-0.2, -0.15) is 0 Å². The number of ether oxygens (including phenoxy) is 2. The van der Waals surface area contributed by atoms with Crippen LogP contribution in [0.1, 0.15) is 47.9 Å². The van der Waals surface area contributed by atoms with Gasteiger partial charge < -0.3 is 18.9 Å². The van der Waals surface area contributed by atoms with Crippen molar-refractivity contribution in [3.05, 3.63) is 65.6 Å². The van der Waals surface area contributed by atoms with E-state index in [2.05, 4.69) is 22.9 Å². The van der Waals surface area contributed by atoms with Gasteiger partial charge in [0, 0.05) is 48.9 Å². The molecule has 2 aromatic carbocycles. The Hall–Kier alpha value is -3.28. The number of benzene rings is 2. The third kappa shape index (κ3) is 4.75. The zero-order valence-corrected chi connectivity index (χ0v) is 19.4. The van der Waals surface area contributed by atoms with Gasteiger partial charge in [-0.25, -0.2) is 4.98 Å². The molecule has 0 atom stereocenters. The van der Waals surface area contributed by atoms with Gasteiger partial charge >= 0.3 is 0 Å². The van der Waals surface area contributed by atoms with Crippen LogP contribution in [0, 0.1) is 5.92 Å². The van der Waals surface area contributed by atoms with Crippen molar-refractivity contribution < 1.29 is 14.3 Å². The molecule has 1 fully saturated rings. The molecule has 1 saturated carbocycles. The molecule has 0 unspecified atom stereocenters. The molecular formula is C27H31N3O3. The van der Waals surface area contributed by atoms with Gasteiger partial charge in [0.15, 0.2) is 0 Å². The Balaban J connectivity index is 1.45. The number of hydrogen-bond donors (Lipinski definition) is 0. The number of aryl methyl sites for hydroxylation is 2. The van der Waals surface area contributed by atoms with Gasteiger partial charge in [0.2, 0.25) is 0 Å². The number of carbonyl (C=O) groups excluding carboxylic acids is 1. The molecule has 0 saturated heterocycles. The number of rotatable bonds is 9. The Bertz CT molecular complexity index is 1130. The van der Waals surface area contributed by atoms with Gasteiger partial charge in [-0.1, -0.05) is 6.07 Å². The summed E-state index contributed by atoms with van der Waals surface area (Å²) in [5.41, 5.74) is 3.71. The maximum Gasteiger partial charge on any atom is 0.254 e. The van der Waals surface area contributed by atoms with Crippen LogP contribution in [0.4, 0.5) is 0 Å². The van der Waals surface area contributed by atoms with Crippen LogP contribution >= 0.6 is 0 Å². The molecule has 6 heteroatoms. The number of fused-ring (bicyclic) bond motifs is 1. The summed E-state index contributed by atoms with van der Waals surface area (Å²) in [7, 11) is 1.62. The highest BCUT2D eigenvalue weighted by molar-refractivity contribution is 5.94. The Morgan fingerprint density at radius 1 is 1.21 bits per heavy atom. The molecule has 0 spiro atoms. The largest absolute Gasteiger partial charge is 0.497 e. The van der Waals surface area contributed by atoms with E-state index in [9.17, 15) is 4.79 Å². The van der Waals surface area contributed by atoms with Crippen molar-refractivity contribution in [2.75, 3.05) is 20.3 Å². The van der Waals surface area contributed by atoms with E-state index in [0.717, 1.165) is 47.9 Å². The van der Waals surface area contributed by atoms with Crippen molar-refractivity contribution in [1.29, 1.82) is 0 Å². The minimum Gasteiger partial charge on any atom is -0.497 e. The van der Waals surface area contributed by atoms with E-state index < -0.39 is 0 Å². The highest BCUT2D eigenvalue weighted by Gasteiger charge is 2.28. The first-order chi connectivity index (χ1) is 16.1. The molecule has 6 nitrogen and oxygen atoms in total. The average molecular weight is 446 g/mol. The Morgan fingerprint density at radius 3 is 2.85 bits per heavy atom. The third-order valence-corrected chi connectivity index (χ3v) is 6.46. The van der Waals surface area contributed by atoms with Crippen molar-refractivity contribution >= 4 is 5.91 Å². The molecule has 1 amide bonds. The second-order valence-corrected chi connectivity index (χ2v) is 8.96. The van der Waals surface area contributed by atoms with Gasteiger partial charge in [0.25, 0.3) is 5.91 Å². The number of hydrogen-bond acceptors (Lipinski definition) is 4. The Kier molecular flexibility index (Phi) is 6.07. The van der Waals surface area contributed by atoms with Crippen LogP contribution in [0.15, 0.2) is 48.7 Å². The smallest absolute Gasteiger partial charge is 0.254 e. The number of aromatic nitrogens is 2. The predicted octanol–water partition coefficient (Wildman–Crippen LogP) is 4.96. The van der Waals surface area contributed by atoms with Crippen LogP contribution in [0.2, 0.25) is 0 Å². The van der Waals surface area contributed by atoms with Crippen molar-refractivity contribution in [2.45, 2.75) is 45.7 Å². The first kappa shape index (κ1) is 21.6. The minimum absolute atomic E-state index is 0.0228. The van der Waals surface area contributed by atoms with Gasteiger partial charge in [-0.15, -0.1) is 0 Å². The van der Waals surface area contributed by atoms with Crippen molar-refractivity contribution in [3.8, 4) is 22.8 Å². The third-order valence-electron chi connectivity index (χ3n) is 6.46. The van der Waals surface area contributed by atoms with E-state index in [1.807, 2.05) is 42.2 Å². The molecule has 33 heavy (non-hydrogen) atoms. The molecule has 0 bridgehead atoms. The summed E-state index contributed by atoms with van der Waals surface area (Å²) >= 11 is 0. The number of carbonyl (C=O) groups is 1. The molecule has 2 aliphatic rings. The molecule has 0 radical (unpaired) electrons. The van der Waals surface area contributed by atoms with Crippen LogP contribution < -0.4 is 9.47 Å². The fraction of sp³-hybridized carbons (Fsp3) is 0.407. The second kappa shape index (κ2) is 9.30. The number of imidazole rings is 1. The number of nitrogens with zero attached hydrogens (tertiary/aromatic N) is 3. The van der Waals surface area contributed by atoms with Crippen LogP contribution in [0.5, 0.6) is 11.5 Å². The second-order valence-electron chi connectivity index (χ2n) is 8.96. The zero-order valence-electron chi connectivity index (χ0n) is 19.4. The van der Waals surface area contributed by atoms with Crippen LogP contribution in [-0.2, 0) is 19.5 Å². The van der Waals surface area contributed by atoms with Crippen molar-refractivity contribution in [1.82, 2.24) is 14.5 Å². The summed E-state index contributed by atoms with van der Waals surface area (Å²) in [5, 5.41) is 0. The zero-order chi connectivity index (χ0) is 22.8. The van der Waals surface area contributed by atoms with E-state index in [1.54, 1.807) is 7.11 Å². The van der Waals surface area contributed by atoms with Gasteiger partial charge in [0.05, 0.1) is 19.4 Å². The Morgan fingerprint density at radius 2 is 2.09 bits per heavy atom. The highest BCUT2D eigenvalue weighted by atomic mass is 16.5. The maximum absolute atomic E-state index is 13.5. The summed E-state index contributed by atoms with van der Waals surface area (Å²) in [5.74, 6) is 3.28. The molecule has 3 aromatic rings. The quantitative estimate of drug-likeness (QED) is 0.467. The fourth-order valence-corrected chi connectivity index (χ4v) is 4.53. The molecule has 1 aliphatic heterocycles. The van der Waals surface area contributed by atoms with E-state index in [4.69, 9.17) is 14.5 Å². The van der Waals surface area contributed by atoms with E-state index in [0.29, 0.717) is 30.4 Å². The van der Waals surface area contributed by atoms with E-state index in [1.165, 1.54) is 19.3 Å². The van der Waals surface area contributed by atoms with Gasteiger partial charge in [-0.05, 0) is 68.5 Å². The van der Waals surface area contributed by atoms with Crippen LogP contribution in [0.25, 0.3) is 11.3 Å². The predicted molar refractivity (Wildman–Crippen MR) is 128 cm³/mol. The number of amides is 1. The van der Waals surface area contributed by atoms with E-state index in [-0.39, 0.29) is 5.91 Å². The Labute approximate surface area is 195 Å². The van der Waals surface area contributed by atoms with Crippen molar-refractivity contribution in [2.24, 2.45) is 5.92 Å². The summed E-state index contributed by atoms with van der Waals surface area (Å²) < 4.78 is 13.5. The average Bonchev–Trinajstić information content (AvgIpc) is 3.39. The maximum atomic E-state index is 13.5. The normalized spacial score (nSPS) is 14.7. The summed E-state index contributed by atoms with van der Waals surface area (Å²) in [6, 6.07) is 13.6. The fourth-order valence-electron chi connectivity index (χ4n) is 4.53. The first-order valence-electron chi connectivity index (χ1n) is 11.9. The lowest BCUT2D eigenvalue weighted by Gasteiger charge is -2.24. The summed E-state index contributed by atoms with van der Waals surface area (Å²) in [6.45, 7) is 4.86. The van der Waals surface area contributed by atoms with Crippen molar-refractivity contribution in [3.63, 3.8) is 0 Å². The molecular weight excluding hydrogens is 414 g/mol. The molecule has 172 valence electrons. The topological polar surface area (TPSA) is 56.6 Å². The minimum atomic E-state index is 0.0228. The number of methoxy groups -OCH3 is 1. The van der Waals surface area contributed by atoms with E-state index >= 15 is 0 Å². The van der Waals surface area contributed by atoms with Crippen LogP contribution in [0.3, 0.4) is 0 Å². The monoisotopic (exact) mass is 445 g/mol. The molecule has 1 aliphatic carbocycles. The molecule has 5 rings (SSSR count). The lowest BCUT2D eigenvalue weighted by Crippen LogP contribution is -2.32. The SMILES string of the molecule is CCOc1ccc(-c2cn3c(n2)CCC3)cc1CN(CC1CC1)C(=O)c1cccc(OC)c1. The highest BCUT2D eigenvalue weighted by Crippen LogP contribution is 2.33. The molecule has 0 N–H and O–H groups in total. The standard InChI is InChI=1S/C27H31N3O3/c1-3-33-25-12-11-20(24-18-29-13-5-8-26(29)28-24)14-22(25)17-30(16-19-9-10-19)27(31)21-6-4-7-23(15-21)32-2/h4,6-7,11-12,14-15,18-19H,3,5,8-10,13,16-17H2,1-2H3. The lowest BCUT2D eigenvalue weighted by molar-refractivity contribution is 0.0733. The van der Waals surface area contributed by atoms with Crippen LogP contribution in [-0.4, -0.2) is 40.6 Å². The summed E-state index contributed by atoms with van der Waals surface area (Å²) in [6.07, 6.45) is 6.71.